The number of alkyl halides is 2. The predicted molar refractivity (Wildman–Crippen MR) is 79.1 cm³/mol. The van der Waals surface area contributed by atoms with E-state index >= 15 is 0 Å². The number of aromatic nitrogens is 3. The van der Waals surface area contributed by atoms with Crippen LogP contribution >= 0.6 is 11.6 Å². The molecule has 0 radical (unpaired) electrons. The van der Waals surface area contributed by atoms with Crippen molar-refractivity contribution in [3.05, 3.63) is 54.9 Å². The van der Waals surface area contributed by atoms with Crippen molar-refractivity contribution in [2.24, 2.45) is 7.05 Å². The van der Waals surface area contributed by atoms with Gasteiger partial charge in [0.1, 0.15) is 11.0 Å². The monoisotopic (exact) mass is 329 g/mol. The Bertz CT molecular complexity index is 866. The molecule has 118 valence electrons. The maximum Gasteiger partial charge on any atom is 0.337 e. The zero-order valence-electron chi connectivity index (χ0n) is 12.4. The number of nitrogens with zero attached hydrogens (tertiary/aromatic N) is 3. The average molecular weight is 330 g/mol. The lowest BCUT2D eigenvalue weighted by molar-refractivity contribution is 0.00825. The topological polar surface area (TPSA) is 56.9 Å². The minimum Gasteiger partial charge on any atom is -0.294 e. The van der Waals surface area contributed by atoms with Gasteiger partial charge >= 0.3 is 5.69 Å². The third kappa shape index (κ3) is 2.68. The van der Waals surface area contributed by atoms with Crippen LogP contribution < -0.4 is 11.2 Å². The molecule has 22 heavy (non-hydrogen) atoms. The first-order valence-electron chi connectivity index (χ1n) is 6.39. The van der Waals surface area contributed by atoms with Gasteiger partial charge < -0.3 is 0 Å². The third-order valence-electron chi connectivity index (χ3n) is 3.30. The Kier molecular flexibility index (Phi) is 3.95. The maximum absolute atomic E-state index is 13.5. The molecule has 0 amide bonds. The quantitative estimate of drug-likeness (QED) is 0.794. The number of pyridine rings is 1. The van der Waals surface area contributed by atoms with Crippen molar-refractivity contribution < 1.29 is 8.78 Å². The highest BCUT2D eigenvalue weighted by Crippen LogP contribution is 2.24. The van der Waals surface area contributed by atoms with Crippen LogP contribution in [0.5, 0.6) is 0 Å². The number of halogens is 3. The largest absolute Gasteiger partial charge is 0.337 e. The molecule has 2 rings (SSSR count). The summed E-state index contributed by atoms with van der Waals surface area (Å²) in [6.07, 6.45) is 0. The zero-order chi connectivity index (χ0) is 16.8. The number of hydrogen-bond donors (Lipinski definition) is 0. The van der Waals surface area contributed by atoms with E-state index in [1.165, 1.54) is 7.05 Å². The fourth-order valence-corrected chi connectivity index (χ4v) is 2.32. The Morgan fingerprint density at radius 2 is 1.77 bits per heavy atom. The normalized spacial score (nSPS) is 11.8. The molecular formula is C14H14ClF2N3O2. The van der Waals surface area contributed by atoms with Crippen molar-refractivity contribution in [3.63, 3.8) is 0 Å². The summed E-state index contributed by atoms with van der Waals surface area (Å²) in [6.45, 7) is 4.01. The minimum absolute atomic E-state index is 0.0344. The molecule has 0 bridgehead atoms. The maximum atomic E-state index is 13.5. The van der Waals surface area contributed by atoms with Gasteiger partial charge in [-0.1, -0.05) is 11.6 Å². The van der Waals surface area contributed by atoms with Gasteiger partial charge in [0.05, 0.1) is 5.69 Å². The van der Waals surface area contributed by atoms with Crippen LogP contribution in [0, 0.1) is 13.8 Å². The lowest BCUT2D eigenvalue weighted by atomic mass is 10.2. The minimum atomic E-state index is -3.31. The van der Waals surface area contributed by atoms with Crippen molar-refractivity contribution in [1.29, 1.82) is 0 Å². The molecule has 0 fully saturated rings. The van der Waals surface area contributed by atoms with Crippen LogP contribution in [0.25, 0.3) is 5.82 Å². The van der Waals surface area contributed by atoms with Gasteiger partial charge in [-0.2, -0.15) is 0 Å². The molecule has 2 aromatic heterocycles. The Labute approximate surface area is 129 Å². The summed E-state index contributed by atoms with van der Waals surface area (Å²) in [4.78, 5) is 28.5. The molecule has 0 aliphatic rings. The molecule has 5 nitrogen and oxygen atoms in total. The second-order valence-electron chi connectivity index (χ2n) is 5.17. The summed E-state index contributed by atoms with van der Waals surface area (Å²) in [5, 5.41) is 0.138. The number of aryl methyl sites for hydroxylation is 2. The van der Waals surface area contributed by atoms with Gasteiger partial charge in [-0.25, -0.2) is 23.1 Å². The summed E-state index contributed by atoms with van der Waals surface area (Å²) in [6, 6.07) is 2.40. The smallest absolute Gasteiger partial charge is 0.294 e. The number of hydrogen-bond acceptors (Lipinski definition) is 3. The van der Waals surface area contributed by atoms with Gasteiger partial charge in [-0.15, -0.1) is 0 Å². The van der Waals surface area contributed by atoms with Gasteiger partial charge in [-0.05, 0) is 31.0 Å². The molecular weight excluding hydrogens is 316 g/mol. The van der Waals surface area contributed by atoms with Crippen molar-refractivity contribution in [3.8, 4) is 5.82 Å². The van der Waals surface area contributed by atoms with Gasteiger partial charge in [-0.3, -0.25) is 9.36 Å². The van der Waals surface area contributed by atoms with E-state index in [0.29, 0.717) is 18.1 Å². The second kappa shape index (κ2) is 5.31. The first-order valence-corrected chi connectivity index (χ1v) is 6.77. The van der Waals surface area contributed by atoms with Crippen LogP contribution in [-0.4, -0.2) is 14.1 Å². The summed E-state index contributed by atoms with van der Waals surface area (Å²) in [7, 11) is 1.18. The van der Waals surface area contributed by atoms with Crippen LogP contribution in [0.4, 0.5) is 8.78 Å². The fourth-order valence-electron chi connectivity index (χ4n) is 2.19. The van der Waals surface area contributed by atoms with E-state index in [2.05, 4.69) is 4.98 Å². The van der Waals surface area contributed by atoms with Crippen molar-refractivity contribution in [2.45, 2.75) is 26.7 Å². The Morgan fingerprint density at radius 1 is 1.18 bits per heavy atom. The van der Waals surface area contributed by atoms with E-state index in [0.717, 1.165) is 15.2 Å². The highest BCUT2D eigenvalue weighted by atomic mass is 35.5. The molecule has 0 N–H and O–H groups in total. The molecule has 0 aliphatic carbocycles. The highest BCUT2D eigenvalue weighted by Gasteiger charge is 2.29. The standard InChI is InChI=1S/C14H14ClF2N3O2/c1-7-5-8(2)12(18-11(7)15)20-10(21)6-9(14(3,16)17)19(4)13(20)22/h5-6H,1-4H3. The van der Waals surface area contributed by atoms with Crippen LogP contribution in [0.2, 0.25) is 5.15 Å². The molecule has 2 aromatic rings. The van der Waals surface area contributed by atoms with Crippen molar-refractivity contribution >= 4 is 11.6 Å². The second-order valence-corrected chi connectivity index (χ2v) is 5.53. The molecule has 0 saturated carbocycles. The van der Waals surface area contributed by atoms with Gasteiger partial charge in [0, 0.05) is 20.0 Å². The predicted octanol–water partition coefficient (Wildman–Crippen LogP) is 2.31. The zero-order valence-corrected chi connectivity index (χ0v) is 13.2. The fraction of sp³-hybridized carbons (Fsp3) is 0.357. The summed E-state index contributed by atoms with van der Waals surface area (Å²) in [5.74, 6) is -3.27. The molecule has 0 aliphatic heterocycles. The van der Waals surface area contributed by atoms with Gasteiger partial charge in [0.2, 0.25) is 0 Å². The highest BCUT2D eigenvalue weighted by molar-refractivity contribution is 6.30. The van der Waals surface area contributed by atoms with Gasteiger partial charge in [0.15, 0.2) is 0 Å². The van der Waals surface area contributed by atoms with E-state index in [-0.39, 0.29) is 11.0 Å². The molecule has 0 spiro atoms. The lowest BCUT2D eigenvalue weighted by Gasteiger charge is -2.17. The molecule has 2 heterocycles. The van der Waals surface area contributed by atoms with Gasteiger partial charge in [0.25, 0.3) is 11.5 Å². The van der Waals surface area contributed by atoms with E-state index in [1.54, 1.807) is 19.9 Å². The summed E-state index contributed by atoms with van der Waals surface area (Å²) >= 11 is 5.93. The molecule has 0 atom stereocenters. The average Bonchev–Trinajstić information content (AvgIpc) is 2.38. The van der Waals surface area contributed by atoms with Crippen LogP contribution in [0.3, 0.4) is 0 Å². The van der Waals surface area contributed by atoms with E-state index < -0.39 is 22.9 Å². The lowest BCUT2D eigenvalue weighted by Crippen LogP contribution is -2.41. The Morgan fingerprint density at radius 3 is 2.32 bits per heavy atom. The Hall–Kier alpha value is -2.02. The van der Waals surface area contributed by atoms with Crippen molar-refractivity contribution in [1.82, 2.24) is 14.1 Å². The molecule has 8 heteroatoms. The van der Waals surface area contributed by atoms with E-state index in [1.807, 2.05) is 0 Å². The molecule has 0 aromatic carbocycles. The van der Waals surface area contributed by atoms with Crippen LogP contribution in [0.15, 0.2) is 21.7 Å². The van der Waals surface area contributed by atoms with Crippen LogP contribution in [0.1, 0.15) is 23.7 Å². The van der Waals surface area contributed by atoms with Crippen molar-refractivity contribution in [2.75, 3.05) is 0 Å². The summed E-state index contributed by atoms with van der Waals surface area (Å²) < 4.78 is 28.4. The first kappa shape index (κ1) is 16.4. The molecule has 0 unspecified atom stereocenters. The summed E-state index contributed by atoms with van der Waals surface area (Å²) in [5.41, 5.74) is -1.22. The number of rotatable bonds is 2. The van der Waals surface area contributed by atoms with E-state index in [9.17, 15) is 18.4 Å². The van der Waals surface area contributed by atoms with E-state index in [4.69, 9.17) is 11.6 Å². The van der Waals surface area contributed by atoms with Crippen LogP contribution in [-0.2, 0) is 13.0 Å². The molecule has 0 saturated heterocycles. The third-order valence-corrected chi connectivity index (χ3v) is 3.68. The SMILES string of the molecule is Cc1cc(C)c(-n2c(=O)cc(C(C)(F)F)n(C)c2=O)nc1Cl. The first-order chi connectivity index (χ1) is 10.0. The Balaban J connectivity index is 2.85.